The van der Waals surface area contributed by atoms with Crippen molar-refractivity contribution in [2.45, 2.75) is 78.4 Å². The standard InChI is InChI=1S/C19H36N4O4/c1-12(2)10-16(22-14(5)25)19(27)23(17(13(3)4)18(21)26)15(11-24)8-6-7-9-20/h11-13,15-17H,6-10,20H2,1-5H3,(H2,21,26)(H,22,25)/t15-,16-,17-/m0/s1. The van der Waals surface area contributed by atoms with Crippen LogP contribution in [-0.2, 0) is 19.2 Å². The quantitative estimate of drug-likeness (QED) is 0.315. The third-order valence-corrected chi connectivity index (χ3v) is 4.33. The van der Waals surface area contributed by atoms with Gasteiger partial charge in [-0.25, -0.2) is 0 Å². The smallest absolute Gasteiger partial charge is 0.246 e. The molecule has 3 amide bonds. The fourth-order valence-corrected chi connectivity index (χ4v) is 3.18. The van der Waals surface area contributed by atoms with Crippen LogP contribution < -0.4 is 16.8 Å². The Morgan fingerprint density at radius 1 is 1.11 bits per heavy atom. The van der Waals surface area contributed by atoms with Gasteiger partial charge in [-0.1, -0.05) is 27.7 Å². The number of nitrogens with two attached hydrogens (primary N) is 2. The van der Waals surface area contributed by atoms with E-state index in [2.05, 4.69) is 5.32 Å². The fraction of sp³-hybridized carbons (Fsp3) is 0.789. The Morgan fingerprint density at radius 3 is 2.07 bits per heavy atom. The Hall–Kier alpha value is -1.96. The van der Waals surface area contributed by atoms with E-state index in [1.54, 1.807) is 13.8 Å². The first-order valence-electron chi connectivity index (χ1n) is 9.60. The zero-order chi connectivity index (χ0) is 21.1. The highest BCUT2D eigenvalue weighted by Gasteiger charge is 2.39. The Balaban J connectivity index is 5.94. The van der Waals surface area contributed by atoms with Crippen LogP contribution in [0.25, 0.3) is 0 Å². The normalized spacial score (nSPS) is 14.5. The lowest BCUT2D eigenvalue weighted by molar-refractivity contribution is -0.148. The van der Waals surface area contributed by atoms with E-state index < -0.39 is 29.9 Å². The highest BCUT2D eigenvalue weighted by Crippen LogP contribution is 2.20. The molecule has 0 aliphatic rings. The van der Waals surface area contributed by atoms with Crippen molar-refractivity contribution in [2.75, 3.05) is 6.54 Å². The molecule has 0 unspecified atom stereocenters. The Kier molecular flexibility index (Phi) is 11.5. The van der Waals surface area contributed by atoms with E-state index in [-0.39, 0.29) is 17.7 Å². The third kappa shape index (κ3) is 8.51. The lowest BCUT2D eigenvalue weighted by Gasteiger charge is -2.38. The summed E-state index contributed by atoms with van der Waals surface area (Å²) in [4.78, 5) is 50.1. The molecule has 0 saturated heterocycles. The second-order valence-electron chi connectivity index (χ2n) is 7.71. The van der Waals surface area contributed by atoms with Gasteiger partial charge >= 0.3 is 0 Å². The molecule has 0 aliphatic heterocycles. The molecule has 0 aromatic rings. The minimum absolute atomic E-state index is 0.130. The molecule has 156 valence electrons. The maximum Gasteiger partial charge on any atom is 0.246 e. The van der Waals surface area contributed by atoms with Crippen molar-refractivity contribution in [2.24, 2.45) is 23.3 Å². The predicted octanol–water partition coefficient (Wildman–Crippen LogP) is 0.572. The number of hydrogen-bond donors (Lipinski definition) is 3. The van der Waals surface area contributed by atoms with Crippen molar-refractivity contribution in [3.05, 3.63) is 0 Å². The molecular formula is C19H36N4O4. The van der Waals surface area contributed by atoms with Crippen LogP contribution in [0.2, 0.25) is 0 Å². The average Bonchev–Trinajstić information content (AvgIpc) is 2.54. The van der Waals surface area contributed by atoms with Gasteiger partial charge in [-0.3, -0.25) is 14.4 Å². The van der Waals surface area contributed by atoms with Gasteiger partial charge in [-0.15, -0.1) is 0 Å². The molecule has 8 heteroatoms. The summed E-state index contributed by atoms with van der Waals surface area (Å²) in [6.45, 7) is 9.21. The fourth-order valence-electron chi connectivity index (χ4n) is 3.18. The molecule has 0 spiro atoms. The number of unbranched alkanes of at least 4 members (excludes halogenated alkanes) is 1. The molecule has 5 N–H and O–H groups in total. The van der Waals surface area contributed by atoms with Gasteiger partial charge in [-0.05, 0) is 44.1 Å². The van der Waals surface area contributed by atoms with Crippen molar-refractivity contribution < 1.29 is 19.2 Å². The number of carbonyl (C=O) groups is 4. The number of nitrogens with zero attached hydrogens (tertiary/aromatic N) is 1. The van der Waals surface area contributed by atoms with Crippen LogP contribution in [0.4, 0.5) is 0 Å². The number of aldehydes is 1. The van der Waals surface area contributed by atoms with Crippen LogP contribution in [0.5, 0.6) is 0 Å². The lowest BCUT2D eigenvalue weighted by atomic mass is 9.95. The van der Waals surface area contributed by atoms with E-state index in [9.17, 15) is 19.2 Å². The first-order chi connectivity index (χ1) is 12.6. The minimum Gasteiger partial charge on any atom is -0.368 e. The molecule has 0 aromatic carbocycles. The van der Waals surface area contributed by atoms with E-state index in [1.165, 1.54) is 11.8 Å². The van der Waals surface area contributed by atoms with Crippen molar-refractivity contribution in [1.82, 2.24) is 10.2 Å². The monoisotopic (exact) mass is 384 g/mol. The summed E-state index contributed by atoms with van der Waals surface area (Å²) < 4.78 is 0. The van der Waals surface area contributed by atoms with Gasteiger partial charge < -0.3 is 26.5 Å². The summed E-state index contributed by atoms with van der Waals surface area (Å²) in [5.41, 5.74) is 11.1. The van der Waals surface area contributed by atoms with E-state index in [0.717, 1.165) is 0 Å². The van der Waals surface area contributed by atoms with E-state index >= 15 is 0 Å². The molecule has 0 rings (SSSR count). The number of rotatable bonds is 13. The molecule has 0 radical (unpaired) electrons. The summed E-state index contributed by atoms with van der Waals surface area (Å²) in [5.74, 6) is -1.62. The van der Waals surface area contributed by atoms with E-state index in [4.69, 9.17) is 11.5 Å². The van der Waals surface area contributed by atoms with Gasteiger partial charge in [0.2, 0.25) is 17.7 Å². The highest BCUT2D eigenvalue weighted by molar-refractivity contribution is 5.93. The predicted molar refractivity (Wildman–Crippen MR) is 104 cm³/mol. The van der Waals surface area contributed by atoms with Crippen molar-refractivity contribution >= 4 is 24.0 Å². The summed E-state index contributed by atoms with van der Waals surface area (Å²) in [6.07, 6.45) is 2.80. The van der Waals surface area contributed by atoms with Crippen LogP contribution in [-0.4, -0.2) is 53.6 Å². The van der Waals surface area contributed by atoms with Crippen LogP contribution in [0, 0.1) is 11.8 Å². The molecule has 0 aliphatic carbocycles. The van der Waals surface area contributed by atoms with Gasteiger partial charge in [0.15, 0.2) is 0 Å². The molecule has 0 heterocycles. The maximum absolute atomic E-state index is 13.3. The van der Waals surface area contributed by atoms with E-state index in [0.29, 0.717) is 38.5 Å². The van der Waals surface area contributed by atoms with Crippen molar-refractivity contribution in [1.29, 1.82) is 0 Å². The van der Waals surface area contributed by atoms with Gasteiger partial charge in [-0.2, -0.15) is 0 Å². The van der Waals surface area contributed by atoms with Gasteiger partial charge in [0, 0.05) is 6.92 Å². The SMILES string of the molecule is CC(=O)N[C@@H](CC(C)C)C(=O)N([C@H](C=O)CCCCN)[C@H](C(N)=O)C(C)C. The number of amides is 3. The van der Waals surface area contributed by atoms with Crippen LogP contribution in [0.1, 0.15) is 60.3 Å². The zero-order valence-electron chi connectivity index (χ0n) is 17.2. The minimum atomic E-state index is -0.936. The molecule has 0 bridgehead atoms. The summed E-state index contributed by atoms with van der Waals surface area (Å²) in [7, 11) is 0. The van der Waals surface area contributed by atoms with Crippen molar-refractivity contribution in [3.63, 3.8) is 0 Å². The first kappa shape index (κ1) is 25.0. The molecule has 0 fully saturated rings. The Bertz CT molecular complexity index is 508. The van der Waals surface area contributed by atoms with Gasteiger partial charge in [0.05, 0.1) is 6.04 Å². The number of primary amides is 1. The molecular weight excluding hydrogens is 348 g/mol. The molecule has 3 atom stereocenters. The number of hydrogen-bond acceptors (Lipinski definition) is 5. The Labute approximate surface area is 162 Å². The average molecular weight is 385 g/mol. The van der Waals surface area contributed by atoms with E-state index in [1.807, 2.05) is 13.8 Å². The number of carbonyl (C=O) groups excluding carboxylic acids is 4. The largest absolute Gasteiger partial charge is 0.368 e. The topological polar surface area (TPSA) is 136 Å². The second kappa shape index (κ2) is 12.4. The first-order valence-corrected chi connectivity index (χ1v) is 9.60. The number of nitrogens with one attached hydrogen (secondary N) is 1. The second-order valence-corrected chi connectivity index (χ2v) is 7.71. The van der Waals surface area contributed by atoms with Crippen LogP contribution in [0.15, 0.2) is 0 Å². The molecule has 27 heavy (non-hydrogen) atoms. The summed E-state index contributed by atoms with van der Waals surface area (Å²) >= 11 is 0. The lowest BCUT2D eigenvalue weighted by Crippen LogP contribution is -2.60. The summed E-state index contributed by atoms with van der Waals surface area (Å²) in [5, 5.41) is 2.65. The molecule has 0 aromatic heterocycles. The molecule has 0 saturated carbocycles. The maximum atomic E-state index is 13.3. The zero-order valence-corrected chi connectivity index (χ0v) is 17.2. The molecule has 8 nitrogen and oxygen atoms in total. The third-order valence-electron chi connectivity index (χ3n) is 4.33. The summed E-state index contributed by atoms with van der Waals surface area (Å²) in [6, 6.07) is -2.55. The Morgan fingerprint density at radius 2 is 1.70 bits per heavy atom. The van der Waals surface area contributed by atoms with Crippen LogP contribution >= 0.6 is 0 Å². The van der Waals surface area contributed by atoms with Gasteiger partial charge in [0.1, 0.15) is 18.4 Å². The highest BCUT2D eigenvalue weighted by atomic mass is 16.2. The van der Waals surface area contributed by atoms with Crippen LogP contribution in [0.3, 0.4) is 0 Å². The van der Waals surface area contributed by atoms with Gasteiger partial charge in [0.25, 0.3) is 0 Å². The van der Waals surface area contributed by atoms with Crippen molar-refractivity contribution in [3.8, 4) is 0 Å².